The fourth-order valence-corrected chi connectivity index (χ4v) is 7.61. The summed E-state index contributed by atoms with van der Waals surface area (Å²) < 4.78 is 12.9. The molecule has 2 heteroatoms. The summed E-state index contributed by atoms with van der Waals surface area (Å²) >= 11 is 0. The van der Waals surface area contributed by atoms with Gasteiger partial charge >= 0.3 is 0 Å². The van der Waals surface area contributed by atoms with Gasteiger partial charge in [0.1, 0.15) is 0 Å². The molecule has 0 saturated heterocycles. The average Bonchev–Trinajstić information content (AvgIpc) is 3.64. The molecule has 0 N–H and O–H groups in total. The predicted molar refractivity (Wildman–Crippen MR) is 196 cm³/mol. The third-order valence-electron chi connectivity index (χ3n) is 9.61. The van der Waals surface area contributed by atoms with Crippen LogP contribution in [0.4, 0.5) is 0 Å². The van der Waals surface area contributed by atoms with Gasteiger partial charge in [0.2, 0.25) is 0 Å². The van der Waals surface area contributed by atoms with Crippen molar-refractivity contribution in [1.29, 1.82) is 0 Å². The molecule has 0 unspecified atom stereocenters. The van der Waals surface area contributed by atoms with E-state index in [2.05, 4.69) is 161 Å². The highest BCUT2D eigenvalue weighted by molar-refractivity contribution is 6.29. The third kappa shape index (κ3) is 3.59. The first-order chi connectivity index (χ1) is 23.2. The second kappa shape index (κ2) is 9.69. The molecule has 0 spiro atoms. The minimum Gasteiger partial charge on any atom is -0.309 e. The number of fused-ring (bicyclic) bond motifs is 10. The van der Waals surface area contributed by atoms with Gasteiger partial charge < -0.3 is 9.13 Å². The van der Waals surface area contributed by atoms with E-state index < -0.39 is 0 Å². The summed E-state index contributed by atoms with van der Waals surface area (Å²) in [5, 5.41) is 9.71. The van der Waals surface area contributed by atoms with Crippen molar-refractivity contribution in [3.05, 3.63) is 170 Å². The van der Waals surface area contributed by atoms with Crippen molar-refractivity contribution in [2.75, 3.05) is 0 Å². The summed E-state index contributed by atoms with van der Waals surface area (Å²) in [6, 6.07) is 59.2. The second-order valence-electron chi connectivity index (χ2n) is 12.1. The van der Waals surface area contributed by atoms with Crippen molar-refractivity contribution in [1.82, 2.24) is 9.13 Å². The predicted octanol–water partition coefficient (Wildman–Crippen LogP) is 11.9. The van der Waals surface area contributed by atoms with Crippen LogP contribution in [0, 0.1) is 0 Å². The zero-order valence-corrected chi connectivity index (χ0v) is 25.0. The minimum absolute atomic E-state index is 0.537. The standard InChI is InChI=1S/C44H28N2/c1-2-11-29(12-3-1)31-14-10-15-33(27-31)45-39-19-8-6-17-37(39)43-41(45)25-26-42-44(43)38-18-7-9-20-40(38)46(42)34-23-24-36-32(28-34)22-21-30-13-4-5-16-35(30)36/h1-28H/i4D. The smallest absolute Gasteiger partial charge is 0.0623 e. The maximum absolute atomic E-state index is 8.07. The molecule has 0 fully saturated rings. The van der Waals surface area contributed by atoms with Crippen LogP contribution in [0.5, 0.6) is 0 Å². The Hall–Kier alpha value is -6.12. The van der Waals surface area contributed by atoms with Crippen LogP contribution < -0.4 is 0 Å². The first-order valence-electron chi connectivity index (χ1n) is 16.3. The molecule has 2 heterocycles. The molecule has 0 aliphatic heterocycles. The number of para-hydroxylation sites is 2. The van der Waals surface area contributed by atoms with Crippen LogP contribution in [-0.4, -0.2) is 9.13 Å². The number of hydrogen-bond donors (Lipinski definition) is 0. The van der Waals surface area contributed by atoms with Crippen molar-refractivity contribution < 1.29 is 1.37 Å². The lowest BCUT2D eigenvalue weighted by atomic mass is 10.0. The van der Waals surface area contributed by atoms with E-state index in [-0.39, 0.29) is 0 Å². The van der Waals surface area contributed by atoms with Crippen LogP contribution in [0.25, 0.3) is 87.7 Å². The second-order valence-corrected chi connectivity index (χ2v) is 12.1. The van der Waals surface area contributed by atoms with E-state index in [4.69, 9.17) is 1.37 Å². The van der Waals surface area contributed by atoms with Gasteiger partial charge in [0.25, 0.3) is 0 Å². The van der Waals surface area contributed by atoms with Crippen LogP contribution in [0.3, 0.4) is 0 Å². The highest BCUT2D eigenvalue weighted by Crippen LogP contribution is 2.43. The molecule has 0 aliphatic rings. The first kappa shape index (κ1) is 24.2. The number of hydrogen-bond acceptors (Lipinski definition) is 0. The van der Waals surface area contributed by atoms with E-state index in [9.17, 15) is 0 Å². The van der Waals surface area contributed by atoms with Crippen LogP contribution in [0.1, 0.15) is 1.37 Å². The molecule has 0 bridgehead atoms. The number of rotatable bonds is 3. The maximum Gasteiger partial charge on any atom is 0.0623 e. The van der Waals surface area contributed by atoms with Gasteiger partial charge in [-0.15, -0.1) is 0 Å². The lowest BCUT2D eigenvalue weighted by Crippen LogP contribution is -1.95. The topological polar surface area (TPSA) is 9.86 Å². The summed E-state index contributed by atoms with van der Waals surface area (Å²) in [6.07, 6.45) is 0. The van der Waals surface area contributed by atoms with E-state index in [0.29, 0.717) is 6.04 Å². The van der Waals surface area contributed by atoms with E-state index in [1.54, 1.807) is 0 Å². The Labute approximate surface area is 267 Å². The minimum atomic E-state index is 0.537. The number of aromatic nitrogens is 2. The molecule has 8 aromatic carbocycles. The summed E-state index contributed by atoms with van der Waals surface area (Å²) in [5.41, 5.74) is 9.49. The largest absolute Gasteiger partial charge is 0.309 e. The summed E-state index contributed by atoms with van der Waals surface area (Å²) in [7, 11) is 0. The Morgan fingerprint density at radius 1 is 0.348 bits per heavy atom. The van der Waals surface area contributed by atoms with Crippen molar-refractivity contribution in [2.45, 2.75) is 0 Å². The number of nitrogens with zero attached hydrogens (tertiary/aromatic N) is 2. The third-order valence-corrected chi connectivity index (χ3v) is 9.61. The van der Waals surface area contributed by atoms with Crippen LogP contribution in [0.2, 0.25) is 0 Å². The zero-order chi connectivity index (χ0) is 31.1. The SMILES string of the molecule is [2H]c1ccc2c(ccc3cc(-n4c5ccccc5c5c6c7ccccc7n(-c7cccc(-c8ccccc8)c7)c6ccc54)ccc32)c1. The van der Waals surface area contributed by atoms with Crippen molar-refractivity contribution >= 4 is 65.2 Å². The Morgan fingerprint density at radius 3 is 1.67 bits per heavy atom. The molecule has 0 saturated carbocycles. The molecule has 0 aliphatic carbocycles. The van der Waals surface area contributed by atoms with E-state index in [1.807, 2.05) is 12.1 Å². The zero-order valence-electron chi connectivity index (χ0n) is 26.0. The van der Waals surface area contributed by atoms with Crippen LogP contribution >= 0.6 is 0 Å². The molecule has 214 valence electrons. The van der Waals surface area contributed by atoms with Gasteiger partial charge in [-0.2, -0.15) is 0 Å². The van der Waals surface area contributed by atoms with Crippen molar-refractivity contribution in [3.8, 4) is 22.5 Å². The van der Waals surface area contributed by atoms with Gasteiger partial charge in [0.15, 0.2) is 0 Å². The quantitative estimate of drug-likeness (QED) is 0.183. The Kier molecular flexibility index (Phi) is 5.10. The molecular formula is C44H28N2. The monoisotopic (exact) mass is 585 g/mol. The van der Waals surface area contributed by atoms with Crippen LogP contribution in [-0.2, 0) is 0 Å². The fourth-order valence-electron chi connectivity index (χ4n) is 7.61. The van der Waals surface area contributed by atoms with E-state index in [1.165, 1.54) is 70.9 Å². The van der Waals surface area contributed by atoms with E-state index in [0.717, 1.165) is 16.8 Å². The van der Waals surface area contributed by atoms with Gasteiger partial charge in [-0.1, -0.05) is 121 Å². The molecule has 2 nitrogen and oxygen atoms in total. The van der Waals surface area contributed by atoms with Gasteiger partial charge in [-0.25, -0.2) is 0 Å². The fraction of sp³-hybridized carbons (Fsp3) is 0. The summed E-state index contributed by atoms with van der Waals surface area (Å²) in [6.45, 7) is 0. The molecule has 2 aromatic heterocycles. The Balaban J connectivity index is 1.26. The normalized spacial score (nSPS) is 12.2. The summed E-state index contributed by atoms with van der Waals surface area (Å²) in [4.78, 5) is 0. The Morgan fingerprint density at radius 2 is 0.935 bits per heavy atom. The van der Waals surface area contributed by atoms with Gasteiger partial charge in [-0.3, -0.25) is 0 Å². The summed E-state index contributed by atoms with van der Waals surface area (Å²) in [5.74, 6) is 0. The Bertz CT molecular complexity index is 2860. The highest BCUT2D eigenvalue weighted by Gasteiger charge is 2.20. The van der Waals surface area contributed by atoms with Gasteiger partial charge in [-0.05, 0) is 81.2 Å². The highest BCUT2D eigenvalue weighted by atomic mass is 15.0. The van der Waals surface area contributed by atoms with Crippen LogP contribution in [0.15, 0.2) is 170 Å². The number of benzene rings is 8. The molecule has 0 atom stereocenters. The lowest BCUT2D eigenvalue weighted by molar-refractivity contribution is 1.17. The molecule has 10 aromatic rings. The molecule has 0 amide bonds. The first-order valence-corrected chi connectivity index (χ1v) is 15.8. The lowest BCUT2D eigenvalue weighted by Gasteiger charge is -2.12. The van der Waals surface area contributed by atoms with Gasteiger partial charge in [0.05, 0.1) is 23.4 Å². The molecule has 10 rings (SSSR count). The molecular weight excluding hydrogens is 556 g/mol. The van der Waals surface area contributed by atoms with Crippen molar-refractivity contribution in [2.24, 2.45) is 0 Å². The van der Waals surface area contributed by atoms with Gasteiger partial charge in [0, 0.05) is 32.9 Å². The molecule has 0 radical (unpaired) electrons. The van der Waals surface area contributed by atoms with E-state index >= 15 is 0 Å². The average molecular weight is 586 g/mol. The molecule has 46 heavy (non-hydrogen) atoms. The van der Waals surface area contributed by atoms with Crippen molar-refractivity contribution in [3.63, 3.8) is 0 Å². The maximum atomic E-state index is 8.07.